The molecule has 1 rings (SSSR count). The normalized spacial score (nSPS) is 10.3. The molecule has 0 spiro atoms. The van der Waals surface area contributed by atoms with Crippen LogP contribution in [0.15, 0.2) is 12.4 Å². The van der Waals surface area contributed by atoms with Gasteiger partial charge in [-0.1, -0.05) is 39.0 Å². The van der Waals surface area contributed by atoms with Gasteiger partial charge in [-0.2, -0.15) is 0 Å². The summed E-state index contributed by atoms with van der Waals surface area (Å²) in [6, 6.07) is 1.76. The molecule has 0 amide bonds. The van der Waals surface area contributed by atoms with Gasteiger partial charge in [0, 0.05) is 12.6 Å². The predicted molar refractivity (Wildman–Crippen MR) is 68.3 cm³/mol. The highest BCUT2D eigenvalue weighted by atomic mass is 15.0. The number of unbranched alkanes of at least 4 members (excludes halogenated alkanes) is 5. The van der Waals surface area contributed by atoms with E-state index in [1.165, 1.54) is 44.9 Å². The summed E-state index contributed by atoms with van der Waals surface area (Å²) in [5, 5.41) is 3.25. The molecule has 1 aromatic heterocycles. The van der Waals surface area contributed by atoms with E-state index in [-0.39, 0.29) is 0 Å². The Labute approximate surface area is 97.7 Å². The predicted octanol–water partition coefficient (Wildman–Crippen LogP) is 2.83. The lowest BCUT2D eigenvalue weighted by Crippen LogP contribution is -2.04. The monoisotopic (exact) mass is 222 g/mol. The molecule has 90 valence electrons. The molecule has 0 atom stereocenters. The van der Waals surface area contributed by atoms with E-state index < -0.39 is 0 Å². The maximum Gasteiger partial charge on any atom is 0.131 e. The number of rotatable bonds is 8. The average Bonchev–Trinajstić information content (AvgIpc) is 2.28. The minimum atomic E-state index is 0.514. The maximum absolute atomic E-state index is 5.55. The van der Waals surface area contributed by atoms with E-state index >= 15 is 0 Å². The Morgan fingerprint density at radius 3 is 2.62 bits per heavy atom. The van der Waals surface area contributed by atoms with Crippen LogP contribution in [0.2, 0.25) is 0 Å². The Hall–Kier alpha value is -1.32. The quantitative estimate of drug-likeness (QED) is 0.664. The third-order valence-corrected chi connectivity index (χ3v) is 2.52. The molecule has 0 aliphatic heterocycles. The number of nitrogens with one attached hydrogen (secondary N) is 1. The van der Waals surface area contributed by atoms with Crippen molar-refractivity contribution >= 4 is 11.6 Å². The minimum Gasteiger partial charge on any atom is -0.384 e. The summed E-state index contributed by atoms with van der Waals surface area (Å²) in [4.78, 5) is 7.93. The fraction of sp³-hybridized carbons (Fsp3) is 0.667. The molecular formula is C12H22N4. The van der Waals surface area contributed by atoms with Crippen LogP contribution in [0.5, 0.6) is 0 Å². The van der Waals surface area contributed by atoms with Gasteiger partial charge in [0.05, 0.1) is 0 Å². The number of hydrogen-bond donors (Lipinski definition) is 2. The Kier molecular flexibility index (Phi) is 6.30. The number of aromatic nitrogens is 2. The summed E-state index contributed by atoms with van der Waals surface area (Å²) in [6.07, 6.45) is 9.31. The largest absolute Gasteiger partial charge is 0.384 e. The average molecular weight is 222 g/mol. The van der Waals surface area contributed by atoms with Gasteiger partial charge >= 0.3 is 0 Å². The third kappa shape index (κ3) is 5.53. The van der Waals surface area contributed by atoms with Gasteiger partial charge in [-0.15, -0.1) is 0 Å². The van der Waals surface area contributed by atoms with Gasteiger partial charge in [0.25, 0.3) is 0 Å². The SMILES string of the molecule is CCCCCCCCNc1cc(N)ncn1. The molecule has 1 heterocycles. The van der Waals surface area contributed by atoms with Crippen molar-refractivity contribution in [2.45, 2.75) is 45.4 Å². The van der Waals surface area contributed by atoms with Crippen molar-refractivity contribution in [3.05, 3.63) is 12.4 Å². The number of nitrogen functional groups attached to an aromatic ring is 1. The fourth-order valence-electron chi connectivity index (χ4n) is 1.59. The van der Waals surface area contributed by atoms with Crippen LogP contribution < -0.4 is 11.1 Å². The van der Waals surface area contributed by atoms with Crippen molar-refractivity contribution in [2.75, 3.05) is 17.6 Å². The van der Waals surface area contributed by atoms with E-state index in [0.29, 0.717) is 5.82 Å². The van der Waals surface area contributed by atoms with Crippen molar-refractivity contribution in [3.8, 4) is 0 Å². The minimum absolute atomic E-state index is 0.514. The van der Waals surface area contributed by atoms with Crippen molar-refractivity contribution < 1.29 is 0 Å². The summed E-state index contributed by atoms with van der Waals surface area (Å²) in [5.41, 5.74) is 5.55. The van der Waals surface area contributed by atoms with Crippen LogP contribution in [0.1, 0.15) is 45.4 Å². The Morgan fingerprint density at radius 1 is 1.12 bits per heavy atom. The van der Waals surface area contributed by atoms with Gasteiger partial charge in [0.1, 0.15) is 18.0 Å². The molecule has 1 aromatic rings. The number of hydrogen-bond acceptors (Lipinski definition) is 4. The van der Waals surface area contributed by atoms with Crippen LogP contribution in [0, 0.1) is 0 Å². The molecule has 0 aliphatic carbocycles. The van der Waals surface area contributed by atoms with E-state index in [0.717, 1.165) is 12.4 Å². The van der Waals surface area contributed by atoms with E-state index in [1.54, 1.807) is 6.07 Å². The highest BCUT2D eigenvalue weighted by Crippen LogP contribution is 2.07. The molecule has 3 N–H and O–H groups in total. The molecule has 0 saturated heterocycles. The van der Waals surface area contributed by atoms with Crippen molar-refractivity contribution in [2.24, 2.45) is 0 Å². The fourth-order valence-corrected chi connectivity index (χ4v) is 1.59. The molecule has 0 radical (unpaired) electrons. The van der Waals surface area contributed by atoms with Crippen molar-refractivity contribution in [1.29, 1.82) is 0 Å². The van der Waals surface area contributed by atoms with E-state index in [2.05, 4.69) is 22.2 Å². The Balaban J connectivity index is 2.03. The highest BCUT2D eigenvalue weighted by molar-refractivity contribution is 5.42. The third-order valence-electron chi connectivity index (χ3n) is 2.52. The van der Waals surface area contributed by atoms with Gasteiger partial charge < -0.3 is 11.1 Å². The van der Waals surface area contributed by atoms with Crippen molar-refractivity contribution in [3.63, 3.8) is 0 Å². The highest BCUT2D eigenvalue weighted by Gasteiger charge is 1.94. The first-order valence-corrected chi connectivity index (χ1v) is 6.14. The van der Waals surface area contributed by atoms with Gasteiger partial charge in [0.2, 0.25) is 0 Å². The van der Waals surface area contributed by atoms with Crippen LogP contribution in [0.3, 0.4) is 0 Å². The smallest absolute Gasteiger partial charge is 0.131 e. The van der Waals surface area contributed by atoms with Crippen LogP contribution >= 0.6 is 0 Å². The molecular weight excluding hydrogens is 200 g/mol. The van der Waals surface area contributed by atoms with Crippen LogP contribution in [0.4, 0.5) is 11.6 Å². The second-order valence-electron chi connectivity index (χ2n) is 4.02. The summed E-state index contributed by atoms with van der Waals surface area (Å²) < 4.78 is 0. The lowest BCUT2D eigenvalue weighted by atomic mass is 10.1. The zero-order chi connectivity index (χ0) is 11.6. The molecule has 4 heteroatoms. The van der Waals surface area contributed by atoms with E-state index in [9.17, 15) is 0 Å². The van der Waals surface area contributed by atoms with Gasteiger partial charge in [-0.25, -0.2) is 9.97 Å². The zero-order valence-corrected chi connectivity index (χ0v) is 10.1. The van der Waals surface area contributed by atoms with Crippen molar-refractivity contribution in [1.82, 2.24) is 9.97 Å². The molecule has 4 nitrogen and oxygen atoms in total. The number of nitrogens with two attached hydrogens (primary N) is 1. The second kappa shape index (κ2) is 7.91. The first-order chi connectivity index (χ1) is 7.83. The zero-order valence-electron chi connectivity index (χ0n) is 10.1. The van der Waals surface area contributed by atoms with Gasteiger partial charge in [0.15, 0.2) is 0 Å². The van der Waals surface area contributed by atoms with E-state index in [1.807, 2.05) is 0 Å². The summed E-state index contributed by atoms with van der Waals surface area (Å²) in [6.45, 7) is 3.20. The van der Waals surface area contributed by atoms with E-state index in [4.69, 9.17) is 5.73 Å². The number of nitrogens with zero attached hydrogens (tertiary/aromatic N) is 2. The van der Waals surface area contributed by atoms with Crippen LogP contribution in [-0.2, 0) is 0 Å². The summed E-state index contributed by atoms with van der Waals surface area (Å²) in [7, 11) is 0. The topological polar surface area (TPSA) is 63.8 Å². The Morgan fingerprint density at radius 2 is 1.88 bits per heavy atom. The molecule has 0 aromatic carbocycles. The molecule has 0 aliphatic rings. The van der Waals surface area contributed by atoms with Gasteiger partial charge in [-0.05, 0) is 6.42 Å². The summed E-state index contributed by atoms with van der Waals surface area (Å²) in [5.74, 6) is 1.33. The first kappa shape index (κ1) is 12.7. The summed E-state index contributed by atoms with van der Waals surface area (Å²) >= 11 is 0. The lowest BCUT2D eigenvalue weighted by molar-refractivity contribution is 0.617. The molecule has 0 saturated carbocycles. The Bertz CT molecular complexity index is 288. The first-order valence-electron chi connectivity index (χ1n) is 6.14. The molecule has 0 unspecified atom stereocenters. The van der Waals surface area contributed by atoms with Crippen LogP contribution in [-0.4, -0.2) is 16.5 Å². The molecule has 0 bridgehead atoms. The second-order valence-corrected chi connectivity index (χ2v) is 4.02. The van der Waals surface area contributed by atoms with Gasteiger partial charge in [-0.3, -0.25) is 0 Å². The standard InChI is InChI=1S/C12H22N4/c1-2-3-4-5-6-7-8-14-12-9-11(13)15-10-16-12/h9-10H,2-8H2,1H3,(H3,13,14,15,16). The van der Waals surface area contributed by atoms with Crippen LogP contribution in [0.25, 0.3) is 0 Å². The lowest BCUT2D eigenvalue weighted by Gasteiger charge is -2.05. The maximum atomic E-state index is 5.55. The molecule has 16 heavy (non-hydrogen) atoms. The molecule has 0 fully saturated rings. The number of anilines is 2.